The summed E-state index contributed by atoms with van der Waals surface area (Å²) < 4.78 is 5.43. The van der Waals surface area contributed by atoms with Crippen molar-refractivity contribution >= 4 is 6.48 Å². The Morgan fingerprint density at radius 1 is 0.750 bits per heavy atom. The average molecular weight is 560 g/mol. The molecule has 0 heterocycles. The predicted octanol–water partition coefficient (Wildman–Crippen LogP) is 9.35. The molecule has 0 radical (unpaired) electrons. The minimum absolute atomic E-state index is 0.139. The molecule has 0 saturated carbocycles. The number of rotatable bonds is 4. The van der Waals surface area contributed by atoms with Gasteiger partial charge in [0.05, 0.1) is 0 Å². The van der Waals surface area contributed by atoms with Crippen LogP contribution in [0, 0.1) is 5.41 Å². The van der Waals surface area contributed by atoms with Crippen molar-refractivity contribution in [2.75, 3.05) is 0 Å². The first-order chi connectivity index (χ1) is 16.6. The summed E-state index contributed by atoms with van der Waals surface area (Å²) in [4.78, 5) is 0. The SMILES string of the molecule is CC[C](CC)=[Zr]([C]1=CC(C(C)(C)C)=CC1)[c]1cc(C(C)(C)C)cc2c1Cc1ccc(C(C)(C)C)cc1-2. The van der Waals surface area contributed by atoms with E-state index in [9.17, 15) is 0 Å². The van der Waals surface area contributed by atoms with Gasteiger partial charge in [0, 0.05) is 0 Å². The molecule has 2 aromatic rings. The Bertz CT molecular complexity index is 1270. The molecule has 0 aliphatic heterocycles. The first kappa shape index (κ1) is 27.7. The van der Waals surface area contributed by atoms with E-state index >= 15 is 0 Å². The van der Waals surface area contributed by atoms with Crippen LogP contribution in [0.3, 0.4) is 0 Å². The zero-order valence-corrected chi connectivity index (χ0v) is 27.3. The van der Waals surface area contributed by atoms with Gasteiger partial charge in [0.15, 0.2) is 0 Å². The van der Waals surface area contributed by atoms with E-state index in [1.807, 2.05) is 3.21 Å². The van der Waals surface area contributed by atoms with Gasteiger partial charge in [-0.15, -0.1) is 0 Å². The van der Waals surface area contributed by atoms with Gasteiger partial charge in [-0.2, -0.15) is 0 Å². The van der Waals surface area contributed by atoms with Gasteiger partial charge >= 0.3 is 231 Å². The third-order valence-corrected chi connectivity index (χ3v) is 16.6. The molecule has 2 aliphatic rings. The number of hydrogen-bond acceptors (Lipinski definition) is 0. The molecule has 192 valence electrons. The Labute approximate surface area is 229 Å². The van der Waals surface area contributed by atoms with Crippen LogP contribution in [0.4, 0.5) is 0 Å². The van der Waals surface area contributed by atoms with E-state index in [2.05, 4.69) is 119 Å². The van der Waals surface area contributed by atoms with Crippen molar-refractivity contribution in [3.05, 3.63) is 73.6 Å². The molecule has 2 aliphatic carbocycles. The van der Waals surface area contributed by atoms with Crippen molar-refractivity contribution in [3.8, 4) is 11.1 Å². The van der Waals surface area contributed by atoms with E-state index < -0.39 is 21.3 Å². The number of allylic oxidation sites excluding steroid dienone is 4. The number of hydrogen-bond donors (Lipinski definition) is 0. The molecule has 2 aromatic carbocycles. The van der Waals surface area contributed by atoms with Gasteiger partial charge in [-0.05, 0) is 0 Å². The second kappa shape index (κ2) is 9.76. The van der Waals surface area contributed by atoms with E-state index in [4.69, 9.17) is 0 Å². The minimum atomic E-state index is -2.24. The molecule has 0 amide bonds. The quantitative estimate of drug-likeness (QED) is 0.299. The van der Waals surface area contributed by atoms with Gasteiger partial charge in [0.1, 0.15) is 0 Å². The van der Waals surface area contributed by atoms with Crippen LogP contribution < -0.4 is 3.27 Å². The Morgan fingerprint density at radius 2 is 1.36 bits per heavy atom. The second-order valence-corrected chi connectivity index (χ2v) is 20.6. The molecule has 1 heteroatoms. The molecule has 0 N–H and O–H groups in total. The van der Waals surface area contributed by atoms with Crippen molar-refractivity contribution in [1.29, 1.82) is 0 Å². The van der Waals surface area contributed by atoms with Gasteiger partial charge in [-0.3, -0.25) is 0 Å². The molecule has 36 heavy (non-hydrogen) atoms. The van der Waals surface area contributed by atoms with Crippen molar-refractivity contribution in [2.24, 2.45) is 5.41 Å². The summed E-state index contributed by atoms with van der Waals surface area (Å²) in [6.45, 7) is 26.1. The van der Waals surface area contributed by atoms with E-state index in [1.54, 1.807) is 17.7 Å². The standard InChI is InChI=1S/C21H25.C9H13.C5H10.Zr/c1-20(2,3)16-9-7-14-11-15-8-10-17(21(4,5)6)13-19(15)18(14)12-16;1-9(2,3)8-6-4-5-7-8;1-3-5-4-2;/h7,9-10,12-13H,11H2,1-6H3;6-7H,4H2,1-3H3;3-4H2,1-2H3;. The molecular weight excluding hydrogens is 512 g/mol. The van der Waals surface area contributed by atoms with Gasteiger partial charge < -0.3 is 0 Å². The molecular formula is C35H48Zr. The topological polar surface area (TPSA) is 0 Å². The number of benzene rings is 2. The summed E-state index contributed by atoms with van der Waals surface area (Å²) >= 11 is -2.24. The predicted molar refractivity (Wildman–Crippen MR) is 158 cm³/mol. The van der Waals surface area contributed by atoms with E-state index in [0.29, 0.717) is 0 Å². The Kier molecular flexibility index (Phi) is 7.51. The van der Waals surface area contributed by atoms with Crippen LogP contribution in [0.25, 0.3) is 11.1 Å². The van der Waals surface area contributed by atoms with E-state index in [0.717, 1.165) is 6.42 Å². The first-order valence-electron chi connectivity index (χ1n) is 14.1. The summed E-state index contributed by atoms with van der Waals surface area (Å²) in [5.74, 6) is 0. The van der Waals surface area contributed by atoms with Crippen LogP contribution in [0.1, 0.15) is 118 Å². The third-order valence-electron chi connectivity index (χ3n) is 8.28. The molecule has 0 saturated heterocycles. The second-order valence-electron chi connectivity index (χ2n) is 14.1. The van der Waals surface area contributed by atoms with Crippen molar-refractivity contribution < 1.29 is 21.3 Å². The van der Waals surface area contributed by atoms with Crippen LogP contribution in [0.15, 0.2) is 51.3 Å². The first-order valence-corrected chi connectivity index (χ1v) is 17.8. The Hall–Kier alpha value is -1.33. The fourth-order valence-corrected chi connectivity index (χ4v) is 14.0. The van der Waals surface area contributed by atoms with Crippen LogP contribution in [-0.4, -0.2) is 3.21 Å². The van der Waals surface area contributed by atoms with Crippen LogP contribution in [0.5, 0.6) is 0 Å². The molecule has 0 nitrogen and oxygen atoms in total. The fourth-order valence-electron chi connectivity index (χ4n) is 5.81. The van der Waals surface area contributed by atoms with Gasteiger partial charge in [0.2, 0.25) is 0 Å². The van der Waals surface area contributed by atoms with E-state index in [-0.39, 0.29) is 16.2 Å². The van der Waals surface area contributed by atoms with Gasteiger partial charge in [-0.25, -0.2) is 0 Å². The third kappa shape index (κ3) is 5.30. The van der Waals surface area contributed by atoms with Crippen LogP contribution >= 0.6 is 0 Å². The fraction of sp³-hybridized carbons (Fsp3) is 0.514. The van der Waals surface area contributed by atoms with E-state index in [1.165, 1.54) is 47.1 Å². The summed E-state index contributed by atoms with van der Waals surface area (Å²) in [6.07, 6.45) is 9.90. The summed E-state index contributed by atoms with van der Waals surface area (Å²) in [7, 11) is 0. The maximum absolute atomic E-state index is 2.67. The average Bonchev–Trinajstić information content (AvgIpc) is 3.40. The molecule has 4 rings (SSSR count). The van der Waals surface area contributed by atoms with Crippen molar-refractivity contribution in [3.63, 3.8) is 0 Å². The Morgan fingerprint density at radius 3 is 1.89 bits per heavy atom. The molecule has 0 aromatic heterocycles. The maximum atomic E-state index is 2.67. The molecule has 0 atom stereocenters. The van der Waals surface area contributed by atoms with Crippen LogP contribution in [-0.2, 0) is 38.5 Å². The molecule has 0 unspecified atom stereocenters. The summed E-state index contributed by atoms with van der Waals surface area (Å²) in [5.41, 5.74) is 11.2. The zero-order valence-electron chi connectivity index (χ0n) is 24.9. The van der Waals surface area contributed by atoms with Crippen LogP contribution in [0.2, 0.25) is 0 Å². The normalized spacial score (nSPS) is 15.4. The molecule has 0 spiro atoms. The van der Waals surface area contributed by atoms with Crippen molar-refractivity contribution in [1.82, 2.24) is 0 Å². The van der Waals surface area contributed by atoms with Crippen molar-refractivity contribution in [2.45, 2.75) is 113 Å². The monoisotopic (exact) mass is 558 g/mol. The molecule has 0 fully saturated rings. The van der Waals surface area contributed by atoms with Gasteiger partial charge in [-0.1, -0.05) is 0 Å². The molecule has 0 bridgehead atoms. The van der Waals surface area contributed by atoms with Gasteiger partial charge in [0.25, 0.3) is 0 Å². The summed E-state index contributed by atoms with van der Waals surface area (Å²) in [6, 6.07) is 12.5. The Balaban J connectivity index is 2.00. The summed E-state index contributed by atoms with van der Waals surface area (Å²) in [5, 5.41) is 0. The number of fused-ring (bicyclic) bond motifs is 3. The zero-order chi connectivity index (χ0) is 26.6.